The quantitative estimate of drug-likeness (QED) is 0.813. The van der Waals surface area contributed by atoms with E-state index in [1.165, 1.54) is 5.56 Å². The van der Waals surface area contributed by atoms with Crippen molar-refractivity contribution in [2.45, 2.75) is 12.5 Å². The van der Waals surface area contributed by atoms with Crippen molar-refractivity contribution in [3.63, 3.8) is 0 Å². The molecule has 0 unspecified atom stereocenters. The number of carbonyl (C=O) groups is 1. The summed E-state index contributed by atoms with van der Waals surface area (Å²) in [5.74, 6) is 1.000. The normalized spacial score (nSPS) is 19.3. The van der Waals surface area contributed by atoms with Gasteiger partial charge < -0.3 is 14.4 Å². The van der Waals surface area contributed by atoms with Crippen LogP contribution in [0.3, 0.4) is 0 Å². The van der Waals surface area contributed by atoms with Crippen LogP contribution in [0.2, 0.25) is 0 Å². The van der Waals surface area contributed by atoms with Gasteiger partial charge in [0.1, 0.15) is 5.75 Å². The third kappa shape index (κ3) is 4.72. The molecule has 5 heteroatoms. The molecule has 1 saturated heterocycles. The van der Waals surface area contributed by atoms with Crippen LogP contribution in [0.15, 0.2) is 24.3 Å². The number of hydrogen-bond acceptors (Lipinski definition) is 4. The van der Waals surface area contributed by atoms with Crippen LogP contribution in [0.1, 0.15) is 5.56 Å². The molecule has 0 spiro atoms. The number of rotatable bonds is 5. The molecule has 0 N–H and O–H groups in total. The zero-order valence-electron chi connectivity index (χ0n) is 13.0. The van der Waals surface area contributed by atoms with Gasteiger partial charge >= 0.3 is 0 Å². The predicted octanol–water partition coefficient (Wildman–Crippen LogP) is 1.03. The van der Waals surface area contributed by atoms with Gasteiger partial charge in [-0.05, 0) is 17.7 Å². The van der Waals surface area contributed by atoms with E-state index in [2.05, 4.69) is 11.0 Å². The summed E-state index contributed by atoms with van der Waals surface area (Å²) in [4.78, 5) is 15.6. The zero-order valence-corrected chi connectivity index (χ0v) is 13.0. The van der Waals surface area contributed by atoms with Crippen LogP contribution in [0.4, 0.5) is 0 Å². The highest BCUT2D eigenvalue weighted by molar-refractivity contribution is 5.77. The minimum Gasteiger partial charge on any atom is -0.497 e. The molecule has 1 aromatic rings. The number of carbonyl (C=O) groups excluding carboxylic acids is 1. The number of ether oxygens (including phenoxy) is 2. The Morgan fingerprint density at radius 2 is 2.29 bits per heavy atom. The van der Waals surface area contributed by atoms with Gasteiger partial charge in [0.2, 0.25) is 5.91 Å². The molecule has 21 heavy (non-hydrogen) atoms. The highest BCUT2D eigenvalue weighted by atomic mass is 16.5. The fourth-order valence-corrected chi connectivity index (χ4v) is 2.44. The van der Waals surface area contributed by atoms with Crippen molar-refractivity contribution in [1.82, 2.24) is 9.80 Å². The van der Waals surface area contributed by atoms with E-state index in [0.29, 0.717) is 13.2 Å². The maximum Gasteiger partial charge on any atom is 0.236 e. The molecule has 0 aliphatic carbocycles. The number of amides is 1. The molecule has 1 heterocycles. The summed E-state index contributed by atoms with van der Waals surface area (Å²) in [6.45, 7) is 2.74. The summed E-state index contributed by atoms with van der Waals surface area (Å²) in [5.41, 5.74) is 1.19. The van der Waals surface area contributed by atoms with Crippen molar-refractivity contribution in [2.24, 2.45) is 0 Å². The lowest BCUT2D eigenvalue weighted by molar-refractivity contribution is -0.131. The minimum absolute atomic E-state index is 0.126. The number of morpholine rings is 1. The minimum atomic E-state index is 0.126. The van der Waals surface area contributed by atoms with Crippen molar-refractivity contribution in [2.75, 3.05) is 47.4 Å². The van der Waals surface area contributed by atoms with Gasteiger partial charge in [-0.1, -0.05) is 12.1 Å². The molecule has 0 aromatic heterocycles. The van der Waals surface area contributed by atoms with Gasteiger partial charge in [0, 0.05) is 33.6 Å². The Hall–Kier alpha value is -1.59. The average molecular weight is 292 g/mol. The first-order valence-electron chi connectivity index (χ1n) is 7.25. The van der Waals surface area contributed by atoms with Crippen molar-refractivity contribution < 1.29 is 14.3 Å². The summed E-state index contributed by atoms with van der Waals surface area (Å²) in [7, 11) is 5.25. The Balaban J connectivity index is 1.90. The molecular weight excluding hydrogens is 268 g/mol. The van der Waals surface area contributed by atoms with Crippen molar-refractivity contribution in [1.29, 1.82) is 0 Å². The Labute approximate surface area is 126 Å². The number of likely N-dealkylation sites (N-methyl/N-ethyl adjacent to an activating group) is 1. The Bertz CT molecular complexity index is 476. The fraction of sp³-hybridized carbons (Fsp3) is 0.562. The topological polar surface area (TPSA) is 42.0 Å². The number of hydrogen-bond donors (Lipinski definition) is 0. The van der Waals surface area contributed by atoms with Crippen LogP contribution < -0.4 is 4.74 Å². The van der Waals surface area contributed by atoms with Gasteiger partial charge in [-0.3, -0.25) is 9.69 Å². The maximum absolute atomic E-state index is 11.8. The van der Waals surface area contributed by atoms with Crippen LogP contribution in [-0.4, -0.2) is 69.3 Å². The smallest absolute Gasteiger partial charge is 0.236 e. The molecule has 1 atom stereocenters. The summed E-state index contributed by atoms with van der Waals surface area (Å²) in [6, 6.07) is 8.04. The van der Waals surface area contributed by atoms with Crippen LogP contribution in [-0.2, 0) is 16.0 Å². The molecule has 0 bridgehead atoms. The fourth-order valence-electron chi connectivity index (χ4n) is 2.44. The monoisotopic (exact) mass is 292 g/mol. The average Bonchev–Trinajstić information content (AvgIpc) is 2.47. The van der Waals surface area contributed by atoms with Crippen LogP contribution >= 0.6 is 0 Å². The van der Waals surface area contributed by atoms with Crippen LogP contribution in [0.25, 0.3) is 0 Å². The molecule has 2 rings (SSSR count). The van der Waals surface area contributed by atoms with Crippen molar-refractivity contribution in [3.8, 4) is 5.75 Å². The predicted molar refractivity (Wildman–Crippen MR) is 81.6 cm³/mol. The number of methoxy groups -OCH3 is 1. The van der Waals surface area contributed by atoms with E-state index < -0.39 is 0 Å². The maximum atomic E-state index is 11.8. The molecule has 116 valence electrons. The van der Waals surface area contributed by atoms with E-state index in [-0.39, 0.29) is 12.0 Å². The first kappa shape index (κ1) is 15.8. The molecular formula is C16H24N2O3. The van der Waals surface area contributed by atoms with E-state index in [1.807, 2.05) is 18.2 Å². The molecule has 1 amide bonds. The van der Waals surface area contributed by atoms with Crippen LogP contribution in [0.5, 0.6) is 5.75 Å². The Morgan fingerprint density at radius 3 is 3.00 bits per heavy atom. The molecule has 5 nitrogen and oxygen atoms in total. The molecule has 0 radical (unpaired) electrons. The summed E-state index contributed by atoms with van der Waals surface area (Å²) >= 11 is 0. The van der Waals surface area contributed by atoms with Crippen LogP contribution in [0, 0.1) is 0 Å². The molecule has 1 aromatic carbocycles. The molecule has 0 saturated carbocycles. The Morgan fingerprint density at radius 1 is 1.48 bits per heavy atom. The third-order valence-electron chi connectivity index (χ3n) is 3.68. The second-order valence-electron chi connectivity index (χ2n) is 5.57. The van der Waals surface area contributed by atoms with Gasteiger partial charge in [-0.25, -0.2) is 0 Å². The lowest BCUT2D eigenvalue weighted by atomic mass is 10.1. The standard InChI is InChI=1S/C16H24N2O3/c1-17(2)16(19)12-18-7-8-21-15(11-18)10-13-5-4-6-14(9-13)20-3/h4-6,9,15H,7-8,10-12H2,1-3H3/t15-/m1/s1. The van der Waals surface area contributed by atoms with Gasteiger partial charge in [-0.2, -0.15) is 0 Å². The van der Waals surface area contributed by atoms with Gasteiger partial charge in [-0.15, -0.1) is 0 Å². The Kier molecular flexibility index (Phi) is 5.59. The van der Waals surface area contributed by atoms with E-state index >= 15 is 0 Å². The van der Waals surface area contributed by atoms with E-state index in [0.717, 1.165) is 25.3 Å². The second kappa shape index (κ2) is 7.43. The first-order chi connectivity index (χ1) is 10.1. The zero-order chi connectivity index (χ0) is 15.2. The number of nitrogens with zero attached hydrogens (tertiary/aromatic N) is 2. The second-order valence-corrected chi connectivity index (χ2v) is 5.57. The lowest BCUT2D eigenvalue weighted by Crippen LogP contribution is -2.47. The van der Waals surface area contributed by atoms with E-state index in [9.17, 15) is 4.79 Å². The number of benzene rings is 1. The summed E-state index contributed by atoms with van der Waals surface area (Å²) in [6.07, 6.45) is 0.963. The molecule has 1 fully saturated rings. The van der Waals surface area contributed by atoms with Gasteiger partial charge in [0.15, 0.2) is 0 Å². The molecule has 1 aliphatic rings. The van der Waals surface area contributed by atoms with E-state index in [1.54, 1.807) is 26.1 Å². The van der Waals surface area contributed by atoms with E-state index in [4.69, 9.17) is 9.47 Å². The first-order valence-corrected chi connectivity index (χ1v) is 7.25. The lowest BCUT2D eigenvalue weighted by Gasteiger charge is -2.33. The molecule has 1 aliphatic heterocycles. The largest absolute Gasteiger partial charge is 0.497 e. The third-order valence-corrected chi connectivity index (χ3v) is 3.68. The van der Waals surface area contributed by atoms with Crippen molar-refractivity contribution >= 4 is 5.91 Å². The van der Waals surface area contributed by atoms with Gasteiger partial charge in [0.05, 0.1) is 26.4 Å². The highest BCUT2D eigenvalue weighted by Crippen LogP contribution is 2.17. The SMILES string of the molecule is COc1cccc(C[C@@H]2CN(CC(=O)N(C)C)CCO2)c1. The van der Waals surface area contributed by atoms with Crippen molar-refractivity contribution in [3.05, 3.63) is 29.8 Å². The summed E-state index contributed by atoms with van der Waals surface area (Å²) in [5, 5.41) is 0. The summed E-state index contributed by atoms with van der Waals surface area (Å²) < 4.78 is 11.1. The van der Waals surface area contributed by atoms with Gasteiger partial charge in [0.25, 0.3) is 0 Å². The highest BCUT2D eigenvalue weighted by Gasteiger charge is 2.22.